The number of carbonyl (C=O) groups excluding carboxylic acids is 1. The van der Waals surface area contributed by atoms with E-state index < -0.39 is 0 Å². The summed E-state index contributed by atoms with van der Waals surface area (Å²) in [6.07, 6.45) is 4.69. The van der Waals surface area contributed by atoms with Crippen molar-refractivity contribution in [2.24, 2.45) is 0 Å². The predicted molar refractivity (Wildman–Crippen MR) is 122 cm³/mol. The number of amides is 1. The fourth-order valence-corrected chi connectivity index (χ4v) is 4.19. The van der Waals surface area contributed by atoms with E-state index in [1.807, 2.05) is 30.3 Å². The summed E-state index contributed by atoms with van der Waals surface area (Å²) in [5.74, 6) is -0.179. The average Bonchev–Trinajstić information content (AvgIpc) is 3.39. The molecule has 4 rings (SSSR count). The molecule has 6 nitrogen and oxygen atoms in total. The Labute approximate surface area is 191 Å². The Morgan fingerprint density at radius 3 is 2.50 bits per heavy atom. The van der Waals surface area contributed by atoms with E-state index >= 15 is 0 Å². The predicted octanol–water partition coefficient (Wildman–Crippen LogP) is 5.52. The van der Waals surface area contributed by atoms with Crippen molar-refractivity contribution >= 4 is 69.1 Å². The molecule has 0 radical (unpaired) electrons. The second-order valence-electron chi connectivity index (χ2n) is 6.33. The Hall–Kier alpha value is -2.29. The molecule has 1 unspecified atom stereocenters. The average molecular weight is 482 g/mol. The van der Waals surface area contributed by atoms with E-state index in [9.17, 15) is 4.79 Å². The van der Waals surface area contributed by atoms with Crippen LogP contribution in [-0.2, 0) is 4.84 Å². The molecule has 0 fully saturated rings. The monoisotopic (exact) mass is 480 g/mol. The summed E-state index contributed by atoms with van der Waals surface area (Å²) in [4.78, 5) is 22.1. The Morgan fingerprint density at radius 2 is 1.83 bits per heavy atom. The summed E-state index contributed by atoms with van der Waals surface area (Å²) in [6, 6.07) is 11.1. The van der Waals surface area contributed by atoms with Crippen LogP contribution >= 0.6 is 46.1 Å². The molecular weight excluding hydrogens is 467 g/mol. The van der Waals surface area contributed by atoms with E-state index in [1.165, 1.54) is 23.7 Å². The zero-order valence-electron chi connectivity index (χ0n) is 15.3. The van der Waals surface area contributed by atoms with E-state index in [0.717, 1.165) is 16.9 Å². The molecule has 3 aromatic rings. The van der Waals surface area contributed by atoms with Crippen LogP contribution in [0.4, 0.5) is 11.4 Å². The van der Waals surface area contributed by atoms with Crippen LogP contribution in [0, 0.1) is 0 Å². The van der Waals surface area contributed by atoms with Crippen molar-refractivity contribution in [2.45, 2.75) is 6.10 Å². The van der Waals surface area contributed by atoms with Gasteiger partial charge in [-0.25, -0.2) is 0 Å². The van der Waals surface area contributed by atoms with Crippen molar-refractivity contribution in [3.63, 3.8) is 0 Å². The van der Waals surface area contributed by atoms with Gasteiger partial charge in [0.25, 0.3) is 5.91 Å². The van der Waals surface area contributed by atoms with Gasteiger partial charge in [0.15, 0.2) is 0 Å². The maximum atomic E-state index is 12.1. The van der Waals surface area contributed by atoms with E-state index in [1.54, 1.807) is 12.1 Å². The maximum absolute atomic E-state index is 12.1. The number of rotatable bonds is 6. The first kappa shape index (κ1) is 21.0. The van der Waals surface area contributed by atoms with Crippen LogP contribution < -0.4 is 16.1 Å². The van der Waals surface area contributed by atoms with Gasteiger partial charge in [-0.05, 0) is 35.9 Å². The van der Waals surface area contributed by atoms with Crippen LogP contribution in [-0.4, -0.2) is 23.5 Å². The number of nitrogens with zero attached hydrogens (tertiary/aromatic N) is 1. The Balaban J connectivity index is 1.37. The second kappa shape index (κ2) is 9.24. The summed E-state index contributed by atoms with van der Waals surface area (Å²) in [5.41, 5.74) is 6.08. The molecule has 30 heavy (non-hydrogen) atoms. The van der Waals surface area contributed by atoms with Gasteiger partial charge < -0.3 is 10.6 Å². The van der Waals surface area contributed by atoms with Gasteiger partial charge in [0.1, 0.15) is 6.10 Å². The number of thiophene rings is 1. The Morgan fingerprint density at radius 1 is 1.10 bits per heavy atom. The minimum atomic E-state index is -0.286. The molecule has 0 saturated carbocycles. The minimum Gasteiger partial charge on any atom is -0.353 e. The molecule has 3 N–H and O–H groups in total. The zero-order chi connectivity index (χ0) is 21.1. The summed E-state index contributed by atoms with van der Waals surface area (Å²) in [5, 5.41) is 6.90. The van der Waals surface area contributed by atoms with Gasteiger partial charge >= 0.3 is 0 Å². The molecule has 1 aliphatic rings. The minimum absolute atomic E-state index is 0.179. The van der Waals surface area contributed by atoms with Crippen molar-refractivity contribution in [2.75, 3.05) is 11.9 Å². The molecule has 0 spiro atoms. The molecule has 1 atom stereocenters. The highest BCUT2D eigenvalue weighted by Gasteiger charge is 2.19. The molecule has 1 amide bonds. The number of hydrogen-bond donors (Lipinski definition) is 3. The molecule has 1 aliphatic heterocycles. The molecule has 2 aromatic heterocycles. The summed E-state index contributed by atoms with van der Waals surface area (Å²) >= 11 is 19.4. The van der Waals surface area contributed by atoms with Crippen LogP contribution in [0.1, 0.15) is 15.2 Å². The number of anilines is 2. The van der Waals surface area contributed by atoms with Crippen LogP contribution in [0.25, 0.3) is 5.70 Å². The summed E-state index contributed by atoms with van der Waals surface area (Å²) < 4.78 is 0.576. The lowest BCUT2D eigenvalue weighted by Gasteiger charge is -2.11. The number of hydroxylamine groups is 1. The number of aromatic nitrogens is 1. The SMILES string of the molecule is O=C(NCC1C=C(c2ccc(Nc3c(Cl)cncc3Cl)cc2)NO1)c1ccc(Cl)s1. The number of nitrogens with one attached hydrogen (secondary N) is 3. The molecule has 1 aromatic carbocycles. The summed E-state index contributed by atoms with van der Waals surface area (Å²) in [6.45, 7) is 0.337. The molecular formula is C20H15Cl3N4O2S. The van der Waals surface area contributed by atoms with Gasteiger partial charge in [0.05, 0.1) is 37.2 Å². The first-order valence-electron chi connectivity index (χ1n) is 8.83. The smallest absolute Gasteiger partial charge is 0.261 e. The first-order valence-corrected chi connectivity index (χ1v) is 10.8. The lowest BCUT2D eigenvalue weighted by molar-refractivity contribution is 0.0499. The molecule has 0 aliphatic carbocycles. The Kier molecular flexibility index (Phi) is 6.46. The van der Waals surface area contributed by atoms with Crippen LogP contribution in [0.5, 0.6) is 0 Å². The van der Waals surface area contributed by atoms with Crippen LogP contribution in [0.2, 0.25) is 14.4 Å². The highest BCUT2D eigenvalue weighted by atomic mass is 35.5. The molecule has 154 valence electrons. The first-order chi connectivity index (χ1) is 14.5. The van der Waals surface area contributed by atoms with Gasteiger partial charge in [-0.15, -0.1) is 11.3 Å². The highest BCUT2D eigenvalue weighted by Crippen LogP contribution is 2.32. The van der Waals surface area contributed by atoms with E-state index in [-0.39, 0.29) is 12.0 Å². The van der Waals surface area contributed by atoms with Gasteiger partial charge in [0.2, 0.25) is 0 Å². The van der Waals surface area contributed by atoms with Crippen LogP contribution in [0.15, 0.2) is 54.9 Å². The normalized spacial score (nSPS) is 15.4. The topological polar surface area (TPSA) is 75.3 Å². The number of benzene rings is 1. The zero-order valence-corrected chi connectivity index (χ0v) is 18.4. The lowest BCUT2D eigenvalue weighted by Crippen LogP contribution is -2.31. The third kappa shape index (κ3) is 4.88. The molecule has 0 saturated heterocycles. The van der Waals surface area contributed by atoms with E-state index in [0.29, 0.717) is 31.5 Å². The maximum Gasteiger partial charge on any atom is 0.261 e. The van der Waals surface area contributed by atoms with Crippen molar-refractivity contribution < 1.29 is 9.63 Å². The van der Waals surface area contributed by atoms with Gasteiger partial charge in [-0.1, -0.05) is 46.9 Å². The Bertz CT molecular complexity index is 1080. The fraction of sp³-hybridized carbons (Fsp3) is 0.100. The molecule has 3 heterocycles. The van der Waals surface area contributed by atoms with Crippen LogP contribution in [0.3, 0.4) is 0 Å². The van der Waals surface area contributed by atoms with Gasteiger partial charge in [-0.2, -0.15) is 0 Å². The highest BCUT2D eigenvalue weighted by molar-refractivity contribution is 7.18. The van der Waals surface area contributed by atoms with Crippen molar-refractivity contribution in [3.05, 3.63) is 79.7 Å². The summed E-state index contributed by atoms with van der Waals surface area (Å²) in [7, 11) is 0. The van der Waals surface area contributed by atoms with Crippen molar-refractivity contribution in [1.29, 1.82) is 0 Å². The van der Waals surface area contributed by atoms with E-state index in [2.05, 4.69) is 21.1 Å². The number of carbonyl (C=O) groups is 1. The van der Waals surface area contributed by atoms with Gasteiger partial charge in [-0.3, -0.25) is 20.1 Å². The van der Waals surface area contributed by atoms with Crippen molar-refractivity contribution in [1.82, 2.24) is 15.8 Å². The molecule has 10 heteroatoms. The third-order valence-electron chi connectivity index (χ3n) is 4.25. The lowest BCUT2D eigenvalue weighted by atomic mass is 10.1. The van der Waals surface area contributed by atoms with Gasteiger partial charge in [0, 0.05) is 18.1 Å². The standard InChI is InChI=1S/C20H15Cl3N4O2S/c21-14-9-24-10-15(22)19(14)26-12-3-1-11(2-4-12)16-7-13(29-27-16)8-25-20(28)17-5-6-18(23)30-17/h1-7,9-10,13,27H,8H2,(H,24,26)(H,25,28). The number of hydrogen-bond acceptors (Lipinski definition) is 6. The fourth-order valence-electron chi connectivity index (χ4n) is 2.77. The quantitative estimate of drug-likeness (QED) is 0.432. The van der Waals surface area contributed by atoms with E-state index in [4.69, 9.17) is 39.6 Å². The number of pyridine rings is 1. The molecule has 0 bridgehead atoms. The second-order valence-corrected chi connectivity index (χ2v) is 8.86. The largest absolute Gasteiger partial charge is 0.353 e. The number of halogens is 3. The van der Waals surface area contributed by atoms with Crippen molar-refractivity contribution in [3.8, 4) is 0 Å². The third-order valence-corrected chi connectivity index (χ3v) is 6.06.